The summed E-state index contributed by atoms with van der Waals surface area (Å²) in [4.78, 5) is 31.7. The van der Waals surface area contributed by atoms with Crippen LogP contribution in [0.1, 0.15) is 30.3 Å². The summed E-state index contributed by atoms with van der Waals surface area (Å²) in [5.41, 5.74) is 12.9. The first kappa shape index (κ1) is 21.6. The van der Waals surface area contributed by atoms with E-state index in [1.807, 2.05) is 12.1 Å². The van der Waals surface area contributed by atoms with Crippen LogP contribution in [0.4, 0.5) is 21.7 Å². The Kier molecular flexibility index (Phi) is 6.22. The number of nitrogens with one attached hydrogen (secondary N) is 1. The van der Waals surface area contributed by atoms with Crippen molar-refractivity contribution in [1.82, 2.24) is 19.9 Å². The number of carbonyl (C=O) groups excluding carboxylic acids is 1. The minimum Gasteiger partial charge on any atom is -0.382 e. The van der Waals surface area contributed by atoms with E-state index < -0.39 is 11.7 Å². The molecule has 4 rings (SSSR count). The molecule has 0 aromatic carbocycles. The van der Waals surface area contributed by atoms with Crippen LogP contribution in [-0.4, -0.2) is 45.0 Å². The predicted octanol–water partition coefficient (Wildman–Crippen LogP) is 2.47. The zero-order valence-corrected chi connectivity index (χ0v) is 17.7. The molecule has 0 bridgehead atoms. The lowest BCUT2D eigenvalue weighted by atomic mass is 9.90. The zero-order chi connectivity index (χ0) is 22.7. The van der Waals surface area contributed by atoms with Crippen LogP contribution in [0.3, 0.4) is 0 Å². The second-order valence-corrected chi connectivity index (χ2v) is 7.72. The molecule has 1 fully saturated rings. The van der Waals surface area contributed by atoms with Crippen molar-refractivity contribution in [1.29, 1.82) is 0 Å². The summed E-state index contributed by atoms with van der Waals surface area (Å²) in [6.45, 7) is 3.67. The number of aromatic nitrogens is 4. The lowest BCUT2D eigenvalue weighted by Crippen LogP contribution is -2.47. The number of nitrogen functional groups attached to an aromatic ring is 1. The number of carbonyl (C=O) groups is 1. The van der Waals surface area contributed by atoms with E-state index in [4.69, 9.17) is 11.5 Å². The third kappa shape index (κ3) is 4.35. The molecule has 2 unspecified atom stereocenters. The predicted molar refractivity (Wildman–Crippen MR) is 120 cm³/mol. The van der Waals surface area contributed by atoms with Gasteiger partial charge in [-0.3, -0.25) is 9.78 Å². The van der Waals surface area contributed by atoms with Crippen LogP contribution in [0.5, 0.6) is 0 Å². The molecule has 32 heavy (non-hydrogen) atoms. The van der Waals surface area contributed by atoms with Crippen LogP contribution < -0.4 is 21.7 Å². The van der Waals surface area contributed by atoms with Crippen LogP contribution in [0.25, 0.3) is 11.4 Å². The monoisotopic (exact) mass is 436 g/mol. The number of hydrogen-bond donors (Lipinski definition) is 3. The maximum absolute atomic E-state index is 14.1. The van der Waals surface area contributed by atoms with Crippen molar-refractivity contribution in [3.8, 4) is 11.4 Å². The van der Waals surface area contributed by atoms with Gasteiger partial charge in [0, 0.05) is 31.5 Å². The van der Waals surface area contributed by atoms with Crippen molar-refractivity contribution in [2.75, 3.05) is 29.0 Å². The first-order chi connectivity index (χ1) is 15.5. The molecule has 1 aliphatic rings. The molecule has 3 aromatic rings. The van der Waals surface area contributed by atoms with E-state index in [0.717, 1.165) is 31.6 Å². The number of piperidine rings is 1. The van der Waals surface area contributed by atoms with Crippen LogP contribution in [-0.2, 0) is 0 Å². The van der Waals surface area contributed by atoms with Crippen molar-refractivity contribution in [3.63, 3.8) is 0 Å². The van der Waals surface area contributed by atoms with E-state index in [1.165, 1.54) is 24.5 Å². The fraction of sp³-hybridized carbons (Fsp3) is 0.318. The molecule has 0 spiro atoms. The highest BCUT2D eigenvalue weighted by Crippen LogP contribution is 2.29. The molecule has 166 valence electrons. The highest BCUT2D eigenvalue weighted by Gasteiger charge is 2.27. The molecular formula is C22H25FN8O. The summed E-state index contributed by atoms with van der Waals surface area (Å²) in [5, 5.41) is 2.78. The molecule has 0 saturated carbocycles. The first-order valence-corrected chi connectivity index (χ1v) is 10.5. The number of hydrogen-bond acceptors (Lipinski definition) is 8. The molecule has 4 heterocycles. The second kappa shape index (κ2) is 9.23. The first-order valence-electron chi connectivity index (χ1n) is 10.5. The molecular weight excluding hydrogens is 411 g/mol. The maximum atomic E-state index is 14.1. The van der Waals surface area contributed by atoms with Crippen LogP contribution in [0.2, 0.25) is 0 Å². The molecule has 0 radical (unpaired) electrons. The molecule has 9 nitrogen and oxygen atoms in total. The summed E-state index contributed by atoms with van der Waals surface area (Å²) < 4.78 is 14.1. The lowest BCUT2D eigenvalue weighted by molar-refractivity contribution is 0.102. The zero-order valence-electron chi connectivity index (χ0n) is 17.7. The van der Waals surface area contributed by atoms with Gasteiger partial charge >= 0.3 is 0 Å². The lowest BCUT2D eigenvalue weighted by Gasteiger charge is -2.38. The summed E-state index contributed by atoms with van der Waals surface area (Å²) >= 11 is 0. The fourth-order valence-corrected chi connectivity index (χ4v) is 3.87. The van der Waals surface area contributed by atoms with Crippen molar-refractivity contribution in [3.05, 3.63) is 54.4 Å². The summed E-state index contributed by atoms with van der Waals surface area (Å²) in [6, 6.07) is 6.61. The minimum absolute atomic E-state index is 0.0113. The van der Waals surface area contributed by atoms with Gasteiger partial charge in [-0.2, -0.15) is 0 Å². The highest BCUT2D eigenvalue weighted by atomic mass is 19.1. The van der Waals surface area contributed by atoms with E-state index in [2.05, 4.69) is 37.1 Å². The normalized spacial score (nSPS) is 18.4. The third-order valence-corrected chi connectivity index (χ3v) is 5.69. The molecule has 0 aliphatic carbocycles. The van der Waals surface area contributed by atoms with Crippen molar-refractivity contribution < 1.29 is 9.18 Å². The van der Waals surface area contributed by atoms with Crippen molar-refractivity contribution in [2.45, 2.75) is 25.8 Å². The minimum atomic E-state index is -0.589. The summed E-state index contributed by atoms with van der Waals surface area (Å²) in [6.07, 6.45) is 6.15. The maximum Gasteiger partial charge on any atom is 0.279 e. The molecule has 3 aromatic heterocycles. The van der Waals surface area contributed by atoms with Gasteiger partial charge in [0.05, 0.1) is 11.9 Å². The Labute approximate surface area is 185 Å². The van der Waals surface area contributed by atoms with Gasteiger partial charge in [0.15, 0.2) is 23.1 Å². The number of rotatable bonds is 5. The van der Waals surface area contributed by atoms with Crippen molar-refractivity contribution in [2.24, 2.45) is 11.7 Å². The van der Waals surface area contributed by atoms with Crippen LogP contribution in [0.15, 0.2) is 42.9 Å². The van der Waals surface area contributed by atoms with Gasteiger partial charge in [-0.05, 0) is 36.6 Å². The fourth-order valence-electron chi connectivity index (χ4n) is 3.87. The Morgan fingerprint density at radius 1 is 1.25 bits per heavy atom. The van der Waals surface area contributed by atoms with E-state index in [1.54, 1.807) is 6.20 Å². The standard InChI is InChI=1S/C22H25FN8O/c1-2-13-12-31(10-7-15(13)24)17-6-4-9-27-21(17)30-22(32)19-20(25)28-11-16(29-19)18-14(23)5-3-8-26-18/h3-6,8-9,11,13,15H,2,7,10,12,24H2,1H3,(H2,25,28)(H,27,30,32). The Morgan fingerprint density at radius 3 is 2.81 bits per heavy atom. The largest absolute Gasteiger partial charge is 0.382 e. The van der Waals surface area contributed by atoms with Gasteiger partial charge in [0.1, 0.15) is 11.4 Å². The Hall–Kier alpha value is -3.66. The van der Waals surface area contributed by atoms with Crippen LogP contribution in [0, 0.1) is 11.7 Å². The molecule has 1 aliphatic heterocycles. The SMILES string of the molecule is CCC1CN(c2cccnc2NC(=O)c2nc(-c3ncccc3F)cnc2N)CCC1N. The van der Waals surface area contributed by atoms with E-state index in [-0.39, 0.29) is 28.9 Å². The highest BCUT2D eigenvalue weighted by molar-refractivity contribution is 6.06. The number of nitrogens with two attached hydrogens (primary N) is 2. The number of nitrogens with zero attached hydrogens (tertiary/aromatic N) is 5. The third-order valence-electron chi connectivity index (χ3n) is 5.69. The molecule has 1 saturated heterocycles. The van der Waals surface area contributed by atoms with Gasteiger partial charge < -0.3 is 21.7 Å². The molecule has 10 heteroatoms. The number of halogens is 1. The Morgan fingerprint density at radius 2 is 2.03 bits per heavy atom. The number of anilines is 3. The number of pyridine rings is 2. The van der Waals surface area contributed by atoms with Crippen LogP contribution >= 0.6 is 0 Å². The average Bonchev–Trinajstić information content (AvgIpc) is 2.80. The van der Waals surface area contributed by atoms with E-state index >= 15 is 0 Å². The topological polar surface area (TPSA) is 136 Å². The quantitative estimate of drug-likeness (QED) is 0.555. The van der Waals surface area contributed by atoms with Crippen molar-refractivity contribution >= 4 is 23.2 Å². The summed E-state index contributed by atoms with van der Waals surface area (Å²) in [7, 11) is 0. The van der Waals surface area contributed by atoms with E-state index in [0.29, 0.717) is 11.7 Å². The second-order valence-electron chi connectivity index (χ2n) is 7.72. The average molecular weight is 436 g/mol. The Bertz CT molecular complexity index is 1120. The smallest absolute Gasteiger partial charge is 0.279 e. The number of amides is 1. The van der Waals surface area contributed by atoms with Gasteiger partial charge in [-0.15, -0.1) is 0 Å². The molecule has 5 N–H and O–H groups in total. The molecule has 1 amide bonds. The van der Waals surface area contributed by atoms with E-state index in [9.17, 15) is 9.18 Å². The van der Waals surface area contributed by atoms with Gasteiger partial charge in [0.2, 0.25) is 0 Å². The summed E-state index contributed by atoms with van der Waals surface area (Å²) in [5.74, 6) is -0.486. The van der Waals surface area contributed by atoms with Gasteiger partial charge in [0.25, 0.3) is 5.91 Å². The van der Waals surface area contributed by atoms with Gasteiger partial charge in [-0.25, -0.2) is 19.3 Å². The Balaban J connectivity index is 1.60. The van der Waals surface area contributed by atoms with Gasteiger partial charge in [-0.1, -0.05) is 13.3 Å². The molecule has 2 atom stereocenters.